The number of ether oxygens (including phenoxy) is 1. The van der Waals surface area contributed by atoms with Gasteiger partial charge in [0.25, 0.3) is 11.8 Å². The number of nitrogens with zero attached hydrogens (tertiary/aromatic N) is 1. The Balaban J connectivity index is 1.33. The summed E-state index contributed by atoms with van der Waals surface area (Å²) in [6.45, 7) is 0.116. The quantitative estimate of drug-likeness (QED) is 0.658. The third kappa shape index (κ3) is 4.01. The van der Waals surface area contributed by atoms with Crippen molar-refractivity contribution in [2.75, 3.05) is 11.9 Å². The van der Waals surface area contributed by atoms with Crippen molar-refractivity contribution >= 4 is 23.4 Å². The van der Waals surface area contributed by atoms with Gasteiger partial charge in [0, 0.05) is 5.69 Å². The van der Waals surface area contributed by atoms with Crippen LogP contribution in [-0.4, -0.2) is 29.2 Å². The highest BCUT2D eigenvalue weighted by Crippen LogP contribution is 2.22. The molecule has 6 nitrogen and oxygen atoms in total. The number of hydrogen-bond donors (Lipinski definition) is 1. The average molecular weight is 386 g/mol. The Labute approximate surface area is 167 Å². The zero-order valence-corrected chi connectivity index (χ0v) is 15.5. The number of fused-ring (bicyclic) bond motifs is 1. The van der Waals surface area contributed by atoms with Crippen molar-refractivity contribution in [1.29, 1.82) is 0 Å². The van der Waals surface area contributed by atoms with E-state index in [0.717, 1.165) is 10.5 Å². The molecule has 0 spiro atoms. The van der Waals surface area contributed by atoms with Crippen molar-refractivity contribution < 1.29 is 19.1 Å². The summed E-state index contributed by atoms with van der Waals surface area (Å²) in [5.41, 5.74) is 2.26. The highest BCUT2D eigenvalue weighted by Gasteiger charge is 2.36. The van der Waals surface area contributed by atoms with E-state index < -0.39 is 17.7 Å². The van der Waals surface area contributed by atoms with Crippen LogP contribution >= 0.6 is 0 Å². The second kappa shape index (κ2) is 7.98. The van der Waals surface area contributed by atoms with Crippen LogP contribution in [0.1, 0.15) is 26.3 Å². The van der Waals surface area contributed by atoms with Crippen molar-refractivity contribution in [1.82, 2.24) is 4.90 Å². The molecule has 0 bridgehead atoms. The fourth-order valence-electron chi connectivity index (χ4n) is 3.10. The molecule has 0 radical (unpaired) electrons. The van der Waals surface area contributed by atoms with Crippen LogP contribution < -0.4 is 10.1 Å². The fraction of sp³-hybridized carbons (Fsp3) is 0.0870. The van der Waals surface area contributed by atoms with Gasteiger partial charge in [-0.3, -0.25) is 19.3 Å². The molecule has 144 valence electrons. The van der Waals surface area contributed by atoms with Gasteiger partial charge in [0.15, 0.2) is 0 Å². The molecule has 3 amide bonds. The molecule has 3 aromatic rings. The lowest BCUT2D eigenvalue weighted by molar-refractivity contribution is -0.116. The molecule has 0 atom stereocenters. The standard InChI is InChI=1S/C23H18N2O4/c26-21(14-25-22(27)19-8-4-5-9-20(19)23(25)28)24-17-10-12-18(13-11-17)29-15-16-6-2-1-3-7-16/h1-13H,14-15H2,(H,24,26). The molecule has 0 aliphatic carbocycles. The van der Waals surface area contributed by atoms with Gasteiger partial charge in [0.2, 0.25) is 5.91 Å². The average Bonchev–Trinajstić information content (AvgIpc) is 2.99. The first-order valence-electron chi connectivity index (χ1n) is 9.14. The number of carbonyl (C=O) groups excluding carboxylic acids is 3. The molecular weight excluding hydrogens is 368 g/mol. The van der Waals surface area contributed by atoms with Crippen LogP contribution in [0.15, 0.2) is 78.9 Å². The van der Waals surface area contributed by atoms with Gasteiger partial charge < -0.3 is 10.1 Å². The molecular formula is C23H18N2O4. The maximum atomic E-state index is 12.3. The molecule has 0 aromatic heterocycles. The Hall–Kier alpha value is -3.93. The summed E-state index contributed by atoms with van der Waals surface area (Å²) >= 11 is 0. The monoisotopic (exact) mass is 386 g/mol. The van der Waals surface area contributed by atoms with Crippen LogP contribution in [0.3, 0.4) is 0 Å². The van der Waals surface area contributed by atoms with Crippen molar-refractivity contribution in [2.24, 2.45) is 0 Å². The summed E-state index contributed by atoms with van der Waals surface area (Å²) in [7, 11) is 0. The van der Waals surface area contributed by atoms with E-state index in [9.17, 15) is 14.4 Å². The van der Waals surface area contributed by atoms with Gasteiger partial charge in [-0.2, -0.15) is 0 Å². The van der Waals surface area contributed by atoms with E-state index in [4.69, 9.17) is 4.74 Å². The van der Waals surface area contributed by atoms with Gasteiger partial charge in [-0.25, -0.2) is 0 Å². The Bertz CT molecular complexity index is 1030. The SMILES string of the molecule is O=C(CN1C(=O)c2ccccc2C1=O)Nc1ccc(OCc2ccccc2)cc1. The topological polar surface area (TPSA) is 75.7 Å². The molecule has 0 unspecified atom stereocenters. The van der Waals surface area contributed by atoms with Gasteiger partial charge in [-0.05, 0) is 42.0 Å². The number of rotatable bonds is 6. The summed E-state index contributed by atoms with van der Waals surface area (Å²) in [6.07, 6.45) is 0. The number of nitrogens with one attached hydrogen (secondary N) is 1. The summed E-state index contributed by atoms with van der Waals surface area (Å²) in [5, 5.41) is 2.70. The van der Waals surface area contributed by atoms with Crippen LogP contribution in [0.2, 0.25) is 0 Å². The lowest BCUT2D eigenvalue weighted by Crippen LogP contribution is -2.37. The molecule has 1 aliphatic rings. The van der Waals surface area contributed by atoms with Crippen LogP contribution in [0.4, 0.5) is 5.69 Å². The lowest BCUT2D eigenvalue weighted by atomic mass is 10.1. The van der Waals surface area contributed by atoms with Crippen molar-refractivity contribution in [3.63, 3.8) is 0 Å². The van der Waals surface area contributed by atoms with Gasteiger partial charge in [-0.15, -0.1) is 0 Å². The first kappa shape index (κ1) is 18.4. The zero-order chi connectivity index (χ0) is 20.2. The first-order chi connectivity index (χ1) is 14.1. The van der Waals surface area contributed by atoms with E-state index in [-0.39, 0.29) is 6.54 Å². The Morgan fingerprint density at radius 3 is 2.00 bits per heavy atom. The van der Waals surface area contributed by atoms with E-state index in [2.05, 4.69) is 5.32 Å². The van der Waals surface area contributed by atoms with E-state index in [1.165, 1.54) is 0 Å². The molecule has 1 aliphatic heterocycles. The van der Waals surface area contributed by atoms with Crippen molar-refractivity contribution in [3.8, 4) is 5.75 Å². The fourth-order valence-corrected chi connectivity index (χ4v) is 3.10. The van der Waals surface area contributed by atoms with E-state index in [1.54, 1.807) is 48.5 Å². The van der Waals surface area contributed by atoms with Crippen LogP contribution in [0, 0.1) is 0 Å². The first-order valence-corrected chi connectivity index (χ1v) is 9.14. The summed E-state index contributed by atoms with van der Waals surface area (Å²) in [6, 6.07) is 23.3. The van der Waals surface area contributed by atoms with E-state index in [1.807, 2.05) is 30.3 Å². The number of anilines is 1. The predicted octanol–water partition coefficient (Wildman–Crippen LogP) is 3.50. The Morgan fingerprint density at radius 1 is 0.793 bits per heavy atom. The molecule has 29 heavy (non-hydrogen) atoms. The number of benzene rings is 3. The minimum absolute atomic E-state index is 0.324. The third-order valence-corrected chi connectivity index (χ3v) is 4.57. The van der Waals surface area contributed by atoms with E-state index in [0.29, 0.717) is 29.2 Å². The minimum atomic E-state index is -0.453. The number of carbonyl (C=O) groups is 3. The maximum absolute atomic E-state index is 12.3. The highest BCUT2D eigenvalue weighted by atomic mass is 16.5. The molecule has 0 saturated carbocycles. The maximum Gasteiger partial charge on any atom is 0.262 e. The molecule has 1 heterocycles. The third-order valence-electron chi connectivity index (χ3n) is 4.57. The van der Waals surface area contributed by atoms with Gasteiger partial charge in [0.1, 0.15) is 18.9 Å². The van der Waals surface area contributed by atoms with Gasteiger partial charge in [-0.1, -0.05) is 42.5 Å². The molecule has 1 N–H and O–H groups in total. The smallest absolute Gasteiger partial charge is 0.262 e. The zero-order valence-electron chi connectivity index (χ0n) is 15.5. The van der Waals surface area contributed by atoms with Crippen LogP contribution in [-0.2, 0) is 11.4 Å². The van der Waals surface area contributed by atoms with Crippen molar-refractivity contribution in [2.45, 2.75) is 6.61 Å². The molecule has 6 heteroatoms. The highest BCUT2D eigenvalue weighted by molar-refractivity contribution is 6.22. The summed E-state index contributed by atoms with van der Waals surface area (Å²) < 4.78 is 5.71. The Kier molecular flexibility index (Phi) is 5.07. The normalized spacial score (nSPS) is 12.6. The second-order valence-corrected chi connectivity index (χ2v) is 6.59. The van der Waals surface area contributed by atoms with Crippen molar-refractivity contribution in [3.05, 3.63) is 95.6 Å². The minimum Gasteiger partial charge on any atom is -0.489 e. The molecule has 4 rings (SSSR count). The Morgan fingerprint density at radius 2 is 1.38 bits per heavy atom. The number of amides is 3. The number of hydrogen-bond acceptors (Lipinski definition) is 4. The lowest BCUT2D eigenvalue weighted by Gasteiger charge is -2.14. The predicted molar refractivity (Wildman–Crippen MR) is 108 cm³/mol. The molecule has 3 aromatic carbocycles. The summed E-state index contributed by atoms with van der Waals surface area (Å²) in [4.78, 5) is 37.9. The largest absolute Gasteiger partial charge is 0.489 e. The van der Waals surface area contributed by atoms with Gasteiger partial charge in [0.05, 0.1) is 11.1 Å². The van der Waals surface area contributed by atoms with Crippen LogP contribution in [0.5, 0.6) is 5.75 Å². The molecule has 0 saturated heterocycles. The second-order valence-electron chi connectivity index (χ2n) is 6.59. The van der Waals surface area contributed by atoms with Gasteiger partial charge >= 0.3 is 0 Å². The van der Waals surface area contributed by atoms with Crippen LogP contribution in [0.25, 0.3) is 0 Å². The summed E-state index contributed by atoms with van der Waals surface area (Å²) in [5.74, 6) is -0.680. The van der Waals surface area contributed by atoms with E-state index >= 15 is 0 Å². The number of imide groups is 1. The molecule has 0 fully saturated rings.